The lowest BCUT2D eigenvalue weighted by Gasteiger charge is -2.11. The fourth-order valence-corrected chi connectivity index (χ4v) is 2.20. The summed E-state index contributed by atoms with van der Waals surface area (Å²) >= 11 is 0. The Morgan fingerprint density at radius 2 is 1.55 bits per heavy atom. The minimum Gasteiger partial charge on any atom is -0.591 e. The molecule has 0 saturated carbocycles. The average molecular weight is 320 g/mol. The van der Waals surface area contributed by atoms with Gasteiger partial charge in [0, 0.05) is 6.07 Å². The number of hydrogen-bond donors (Lipinski definition) is 2. The number of ether oxygens (including phenoxy) is 1. The average Bonchev–Trinajstić information content (AvgIpc) is 2.47. The van der Waals surface area contributed by atoms with E-state index in [1.54, 1.807) is 0 Å². The third kappa shape index (κ3) is 3.28. The molecule has 112 valence electrons. The summed E-state index contributed by atoms with van der Waals surface area (Å²) in [6, 6.07) is 8.98. The number of carboxylic acid groups (broad SMARTS) is 2. The first kappa shape index (κ1) is 15.6. The van der Waals surface area contributed by atoms with Crippen LogP contribution in [0.5, 0.6) is 11.5 Å². The van der Waals surface area contributed by atoms with E-state index >= 15 is 0 Å². The van der Waals surface area contributed by atoms with Crippen molar-refractivity contribution in [2.24, 2.45) is 0 Å². The van der Waals surface area contributed by atoms with Crippen molar-refractivity contribution >= 4 is 25.3 Å². The Labute approximate surface area is 125 Å². The smallest absolute Gasteiger partial charge is 0.348 e. The van der Waals surface area contributed by atoms with Crippen LogP contribution in [0.1, 0.15) is 20.7 Å². The zero-order valence-electron chi connectivity index (χ0n) is 10.9. The normalized spacial score (nSPS) is 10.9. The van der Waals surface area contributed by atoms with Crippen LogP contribution in [0.25, 0.3) is 0 Å². The Bertz CT molecular complexity index is 737. The second kappa shape index (κ2) is 6.34. The van der Waals surface area contributed by atoms with Gasteiger partial charge in [-0.05, 0) is 24.3 Å². The molecule has 0 aliphatic rings. The summed E-state index contributed by atoms with van der Waals surface area (Å²) in [7, 11) is -2.84. The van der Waals surface area contributed by atoms with Crippen molar-refractivity contribution in [3.8, 4) is 11.5 Å². The van der Waals surface area contributed by atoms with Gasteiger partial charge in [-0.15, -0.1) is 0 Å². The van der Waals surface area contributed by atoms with Crippen LogP contribution in [0.4, 0.5) is 0 Å². The highest BCUT2D eigenvalue weighted by Crippen LogP contribution is 2.30. The molecular weight excluding hydrogens is 311 g/mol. The zero-order valence-corrected chi connectivity index (χ0v) is 11.8. The number of aromatic carboxylic acids is 2. The van der Waals surface area contributed by atoms with Crippen molar-refractivity contribution in [2.75, 3.05) is 0 Å². The van der Waals surface area contributed by atoms with Crippen LogP contribution in [0.3, 0.4) is 0 Å². The van der Waals surface area contributed by atoms with Gasteiger partial charge in [-0.3, -0.25) is 0 Å². The van der Waals surface area contributed by atoms with Crippen LogP contribution in [0.15, 0.2) is 42.5 Å². The molecule has 0 aliphatic carbocycles. The zero-order chi connectivity index (χ0) is 16.3. The predicted octanol–water partition coefficient (Wildman–Crippen LogP) is 1.60. The van der Waals surface area contributed by atoms with Gasteiger partial charge in [-0.1, -0.05) is 16.7 Å². The first-order valence-electron chi connectivity index (χ1n) is 5.92. The number of hydrogen-bond acceptors (Lipinski definition) is 5. The van der Waals surface area contributed by atoms with E-state index in [1.807, 2.05) is 0 Å². The number of carboxylic acids is 2. The van der Waals surface area contributed by atoms with Gasteiger partial charge in [-0.2, -0.15) is 0 Å². The summed E-state index contributed by atoms with van der Waals surface area (Å²) in [4.78, 5) is 33.3. The summed E-state index contributed by atoms with van der Waals surface area (Å²) in [5, 5.41) is 18.2. The van der Waals surface area contributed by atoms with Crippen LogP contribution in [0, 0.1) is 0 Å². The lowest BCUT2D eigenvalue weighted by molar-refractivity contribution is -0.160. The van der Waals surface area contributed by atoms with Gasteiger partial charge in [0.15, 0.2) is 11.1 Å². The Morgan fingerprint density at radius 3 is 2.05 bits per heavy atom. The summed E-state index contributed by atoms with van der Waals surface area (Å²) in [6.07, 6.45) is 0. The molecule has 7 nitrogen and oxygen atoms in total. The number of benzene rings is 2. The molecule has 0 fully saturated rings. The Morgan fingerprint density at radius 1 is 1.00 bits per heavy atom. The lowest BCUT2D eigenvalue weighted by Crippen LogP contribution is -2.08. The molecule has 0 bridgehead atoms. The molecule has 0 saturated heterocycles. The summed E-state index contributed by atoms with van der Waals surface area (Å²) < 4.78 is 16.3. The van der Waals surface area contributed by atoms with Crippen molar-refractivity contribution in [1.82, 2.24) is 0 Å². The van der Waals surface area contributed by atoms with Crippen molar-refractivity contribution in [2.45, 2.75) is 0 Å². The molecule has 0 aromatic heterocycles. The van der Waals surface area contributed by atoms with E-state index in [0.29, 0.717) is 0 Å². The van der Waals surface area contributed by atoms with Crippen molar-refractivity contribution in [3.63, 3.8) is 0 Å². The molecule has 2 aromatic carbocycles. The summed E-state index contributed by atoms with van der Waals surface area (Å²) in [5.41, 5.74) is -0.673. The monoisotopic (exact) mass is 320 g/mol. The fourth-order valence-electron chi connectivity index (χ4n) is 1.76. The number of rotatable bonds is 5. The molecule has 0 radical (unpaired) electrons. The summed E-state index contributed by atoms with van der Waals surface area (Å²) in [5.74, 6) is -3.05. The van der Waals surface area contributed by atoms with Gasteiger partial charge in [0.2, 0.25) is 0 Å². The second-order valence-electron chi connectivity index (χ2n) is 4.15. The summed E-state index contributed by atoms with van der Waals surface area (Å²) in [6.45, 7) is 0. The molecule has 2 N–H and O–H groups in total. The SMILES string of the molecule is O=C(O)c1cccc(C(=O)O)c1Oc1cccc([P+](=O)[O-])c1. The van der Waals surface area contributed by atoms with Gasteiger partial charge in [-0.25, -0.2) is 9.59 Å². The van der Waals surface area contributed by atoms with E-state index in [1.165, 1.54) is 42.5 Å². The highest BCUT2D eigenvalue weighted by atomic mass is 31.1. The minimum atomic E-state index is -2.84. The van der Waals surface area contributed by atoms with E-state index in [4.69, 9.17) is 14.9 Å². The van der Waals surface area contributed by atoms with Crippen LogP contribution in [-0.2, 0) is 4.57 Å². The third-order valence-corrected chi connectivity index (χ3v) is 3.42. The molecule has 0 spiro atoms. The Hall–Kier alpha value is -2.76. The van der Waals surface area contributed by atoms with E-state index in [2.05, 4.69) is 0 Å². The maximum absolute atomic E-state index is 11.2. The van der Waals surface area contributed by atoms with Gasteiger partial charge in [0.25, 0.3) is 0 Å². The largest absolute Gasteiger partial charge is 0.591 e. The molecule has 8 heteroatoms. The second-order valence-corrected chi connectivity index (χ2v) is 5.18. The van der Waals surface area contributed by atoms with Crippen molar-refractivity contribution < 1.29 is 34.0 Å². The fraction of sp³-hybridized carbons (Fsp3) is 0. The van der Waals surface area contributed by atoms with E-state index in [9.17, 15) is 19.0 Å². The maximum Gasteiger partial charge on any atom is 0.348 e. The van der Waals surface area contributed by atoms with E-state index in [0.717, 1.165) is 0 Å². The third-order valence-electron chi connectivity index (χ3n) is 2.72. The Balaban J connectivity index is 2.52. The van der Waals surface area contributed by atoms with Crippen LogP contribution in [-0.4, -0.2) is 22.2 Å². The minimum absolute atomic E-state index is 0.0212. The number of para-hydroxylation sites is 1. The number of carbonyl (C=O) groups is 2. The molecule has 0 heterocycles. The van der Waals surface area contributed by atoms with Crippen LogP contribution < -0.4 is 14.9 Å². The lowest BCUT2D eigenvalue weighted by atomic mass is 10.1. The van der Waals surface area contributed by atoms with Gasteiger partial charge < -0.3 is 19.8 Å². The molecule has 2 aromatic rings. The molecule has 1 unspecified atom stereocenters. The molecule has 2 rings (SSSR count). The maximum atomic E-state index is 11.2. The standard InChI is InChI=1S/C14H9O7P/c15-13(16)10-5-2-6-11(14(17)18)12(10)21-8-3-1-4-9(7-8)22(19)20/h1-7H,(H,15,16)(H,17,18). The van der Waals surface area contributed by atoms with Crippen LogP contribution >= 0.6 is 8.03 Å². The van der Waals surface area contributed by atoms with Crippen molar-refractivity contribution in [1.29, 1.82) is 0 Å². The highest BCUT2D eigenvalue weighted by Gasteiger charge is 2.21. The quantitative estimate of drug-likeness (QED) is 0.802. The molecule has 0 amide bonds. The predicted molar refractivity (Wildman–Crippen MR) is 74.1 cm³/mol. The first-order chi connectivity index (χ1) is 10.4. The highest BCUT2D eigenvalue weighted by molar-refractivity contribution is 7.45. The molecule has 22 heavy (non-hydrogen) atoms. The topological polar surface area (TPSA) is 124 Å². The van der Waals surface area contributed by atoms with Gasteiger partial charge in [0.05, 0.1) is 0 Å². The van der Waals surface area contributed by atoms with Gasteiger partial charge >= 0.3 is 20.0 Å². The first-order valence-corrected chi connectivity index (χ1v) is 7.10. The molecule has 0 aliphatic heterocycles. The van der Waals surface area contributed by atoms with E-state index in [-0.39, 0.29) is 27.9 Å². The Kier molecular flexibility index (Phi) is 4.50. The van der Waals surface area contributed by atoms with Crippen LogP contribution in [0.2, 0.25) is 0 Å². The van der Waals surface area contributed by atoms with Gasteiger partial charge in [0.1, 0.15) is 16.9 Å². The molecular formula is C14H9O7P. The van der Waals surface area contributed by atoms with E-state index < -0.39 is 20.0 Å². The van der Waals surface area contributed by atoms with Crippen molar-refractivity contribution in [3.05, 3.63) is 53.6 Å². The molecule has 1 atom stereocenters.